The van der Waals surface area contributed by atoms with Crippen molar-refractivity contribution in [1.29, 1.82) is 0 Å². The number of amides is 2. The van der Waals surface area contributed by atoms with Crippen molar-refractivity contribution in [1.82, 2.24) is 10.6 Å². The standard InChI is InChI=1S/C17H26N2O3/c1-13(2)15-7-3-4-8-16(15)22-11-9-18-17(20)19-12-14-6-5-10-21-14/h3-4,7-8,13-14H,5-6,9-12H2,1-2H3,(H2,18,19,20). The highest BCUT2D eigenvalue weighted by Gasteiger charge is 2.15. The molecule has 2 amide bonds. The highest BCUT2D eigenvalue weighted by Crippen LogP contribution is 2.25. The normalized spacial score (nSPS) is 17.5. The molecule has 5 nitrogen and oxygen atoms in total. The summed E-state index contributed by atoms with van der Waals surface area (Å²) >= 11 is 0. The average Bonchev–Trinajstić information content (AvgIpc) is 3.03. The number of rotatable bonds is 7. The summed E-state index contributed by atoms with van der Waals surface area (Å²) in [6, 6.07) is 7.84. The van der Waals surface area contributed by atoms with Crippen LogP contribution in [0, 0.1) is 0 Å². The minimum absolute atomic E-state index is 0.167. The maximum atomic E-state index is 11.7. The zero-order chi connectivity index (χ0) is 15.8. The summed E-state index contributed by atoms with van der Waals surface area (Å²) in [5.41, 5.74) is 1.19. The van der Waals surface area contributed by atoms with Crippen molar-refractivity contribution < 1.29 is 14.3 Å². The highest BCUT2D eigenvalue weighted by molar-refractivity contribution is 5.73. The Hall–Kier alpha value is -1.75. The fourth-order valence-corrected chi connectivity index (χ4v) is 2.49. The third kappa shape index (κ3) is 5.22. The van der Waals surface area contributed by atoms with Gasteiger partial charge in [-0.3, -0.25) is 0 Å². The quantitative estimate of drug-likeness (QED) is 0.761. The molecule has 5 heteroatoms. The van der Waals surface area contributed by atoms with E-state index >= 15 is 0 Å². The largest absolute Gasteiger partial charge is 0.491 e. The van der Waals surface area contributed by atoms with Gasteiger partial charge >= 0.3 is 6.03 Å². The van der Waals surface area contributed by atoms with Crippen LogP contribution in [0.1, 0.15) is 38.2 Å². The number of hydrogen-bond acceptors (Lipinski definition) is 3. The number of nitrogens with one attached hydrogen (secondary N) is 2. The summed E-state index contributed by atoms with van der Waals surface area (Å²) in [7, 11) is 0. The molecule has 1 aliphatic heterocycles. The molecule has 1 atom stereocenters. The lowest BCUT2D eigenvalue weighted by Crippen LogP contribution is -2.41. The lowest BCUT2D eigenvalue weighted by atomic mass is 10.0. The Bertz CT molecular complexity index is 471. The van der Waals surface area contributed by atoms with Gasteiger partial charge in [0.1, 0.15) is 12.4 Å². The van der Waals surface area contributed by atoms with Crippen molar-refractivity contribution in [3.63, 3.8) is 0 Å². The van der Waals surface area contributed by atoms with Crippen LogP contribution < -0.4 is 15.4 Å². The predicted octanol–water partition coefficient (Wildman–Crippen LogP) is 2.67. The van der Waals surface area contributed by atoms with Crippen LogP contribution in [0.3, 0.4) is 0 Å². The first-order valence-electron chi connectivity index (χ1n) is 8.02. The first kappa shape index (κ1) is 16.6. The summed E-state index contributed by atoms with van der Waals surface area (Å²) in [5, 5.41) is 5.62. The molecule has 0 bridgehead atoms. The molecular weight excluding hydrogens is 280 g/mol. The Labute approximate surface area is 132 Å². The molecule has 0 saturated carbocycles. The van der Waals surface area contributed by atoms with Crippen LogP contribution in [0.25, 0.3) is 0 Å². The molecule has 2 rings (SSSR count). The summed E-state index contributed by atoms with van der Waals surface area (Å²) < 4.78 is 11.2. The van der Waals surface area contributed by atoms with Gasteiger partial charge in [-0.25, -0.2) is 4.79 Å². The topological polar surface area (TPSA) is 59.6 Å². The number of carbonyl (C=O) groups excluding carboxylic acids is 1. The van der Waals surface area contributed by atoms with Gasteiger partial charge in [-0.1, -0.05) is 32.0 Å². The van der Waals surface area contributed by atoms with E-state index in [2.05, 4.69) is 30.5 Å². The van der Waals surface area contributed by atoms with Crippen LogP contribution in [-0.4, -0.2) is 38.4 Å². The van der Waals surface area contributed by atoms with Gasteiger partial charge in [-0.2, -0.15) is 0 Å². The molecule has 1 fully saturated rings. The van der Waals surface area contributed by atoms with Gasteiger partial charge in [0, 0.05) is 13.2 Å². The van der Waals surface area contributed by atoms with Crippen molar-refractivity contribution in [3.05, 3.63) is 29.8 Å². The minimum Gasteiger partial charge on any atom is -0.491 e. The van der Waals surface area contributed by atoms with Gasteiger partial charge < -0.3 is 20.1 Å². The lowest BCUT2D eigenvalue weighted by Gasteiger charge is -2.15. The zero-order valence-corrected chi connectivity index (χ0v) is 13.4. The van der Waals surface area contributed by atoms with E-state index in [1.807, 2.05) is 18.2 Å². The van der Waals surface area contributed by atoms with E-state index in [-0.39, 0.29) is 12.1 Å². The number of urea groups is 1. The number of hydrogen-bond donors (Lipinski definition) is 2. The molecule has 2 N–H and O–H groups in total. The Morgan fingerprint density at radius 2 is 2.18 bits per heavy atom. The molecule has 1 unspecified atom stereocenters. The maximum absolute atomic E-state index is 11.7. The monoisotopic (exact) mass is 306 g/mol. The van der Waals surface area contributed by atoms with E-state index in [4.69, 9.17) is 9.47 Å². The highest BCUT2D eigenvalue weighted by atomic mass is 16.5. The first-order valence-corrected chi connectivity index (χ1v) is 8.02. The van der Waals surface area contributed by atoms with Crippen molar-refractivity contribution in [3.8, 4) is 5.75 Å². The minimum atomic E-state index is -0.170. The SMILES string of the molecule is CC(C)c1ccccc1OCCNC(=O)NCC1CCCO1. The molecular formula is C17H26N2O3. The van der Waals surface area contributed by atoms with E-state index in [1.54, 1.807) is 0 Å². The fourth-order valence-electron chi connectivity index (χ4n) is 2.49. The van der Waals surface area contributed by atoms with E-state index in [0.717, 1.165) is 25.2 Å². The lowest BCUT2D eigenvalue weighted by molar-refractivity contribution is 0.111. The summed E-state index contributed by atoms with van der Waals surface area (Å²) in [4.78, 5) is 11.7. The Morgan fingerprint density at radius 1 is 1.36 bits per heavy atom. The predicted molar refractivity (Wildman–Crippen MR) is 86.4 cm³/mol. The molecule has 22 heavy (non-hydrogen) atoms. The van der Waals surface area contributed by atoms with E-state index in [1.165, 1.54) is 5.56 Å². The number of ether oxygens (including phenoxy) is 2. The molecule has 1 aromatic rings. The number of carbonyl (C=O) groups is 1. The van der Waals surface area contributed by atoms with Crippen LogP contribution in [0.15, 0.2) is 24.3 Å². The Kier molecular flexibility index (Phi) is 6.52. The molecule has 0 aromatic heterocycles. The third-order valence-corrected chi connectivity index (χ3v) is 3.70. The molecule has 1 heterocycles. The van der Waals surface area contributed by atoms with E-state index in [0.29, 0.717) is 25.6 Å². The van der Waals surface area contributed by atoms with E-state index in [9.17, 15) is 4.79 Å². The van der Waals surface area contributed by atoms with Crippen molar-refractivity contribution in [2.45, 2.75) is 38.7 Å². The second kappa shape index (κ2) is 8.63. The Morgan fingerprint density at radius 3 is 2.91 bits per heavy atom. The van der Waals surface area contributed by atoms with Crippen LogP contribution in [0.2, 0.25) is 0 Å². The maximum Gasteiger partial charge on any atom is 0.315 e. The van der Waals surface area contributed by atoms with Gasteiger partial charge in [-0.05, 0) is 30.4 Å². The summed E-state index contributed by atoms with van der Waals surface area (Å²) in [6.45, 7) is 6.58. The van der Waals surface area contributed by atoms with Gasteiger partial charge in [0.2, 0.25) is 0 Å². The fraction of sp³-hybridized carbons (Fsp3) is 0.588. The van der Waals surface area contributed by atoms with Gasteiger partial charge in [0.15, 0.2) is 0 Å². The van der Waals surface area contributed by atoms with Crippen LogP contribution in [0.5, 0.6) is 5.75 Å². The van der Waals surface area contributed by atoms with Crippen molar-refractivity contribution in [2.24, 2.45) is 0 Å². The van der Waals surface area contributed by atoms with Gasteiger partial charge in [0.05, 0.1) is 12.6 Å². The van der Waals surface area contributed by atoms with Crippen LogP contribution in [-0.2, 0) is 4.74 Å². The molecule has 0 spiro atoms. The number of para-hydroxylation sites is 1. The first-order chi connectivity index (χ1) is 10.7. The van der Waals surface area contributed by atoms with Crippen LogP contribution in [0.4, 0.5) is 4.79 Å². The summed E-state index contributed by atoms with van der Waals surface area (Å²) in [6.07, 6.45) is 2.27. The Balaban J connectivity index is 1.63. The molecule has 1 saturated heterocycles. The smallest absolute Gasteiger partial charge is 0.315 e. The second-order valence-corrected chi connectivity index (χ2v) is 5.81. The van der Waals surface area contributed by atoms with E-state index < -0.39 is 0 Å². The molecule has 122 valence electrons. The average molecular weight is 306 g/mol. The molecule has 1 aliphatic rings. The molecule has 0 aliphatic carbocycles. The second-order valence-electron chi connectivity index (χ2n) is 5.81. The zero-order valence-electron chi connectivity index (χ0n) is 13.4. The van der Waals surface area contributed by atoms with Crippen molar-refractivity contribution >= 4 is 6.03 Å². The summed E-state index contributed by atoms with van der Waals surface area (Å²) in [5.74, 6) is 1.30. The molecule has 1 aromatic carbocycles. The van der Waals surface area contributed by atoms with Gasteiger partial charge in [0.25, 0.3) is 0 Å². The van der Waals surface area contributed by atoms with Crippen molar-refractivity contribution in [2.75, 3.05) is 26.3 Å². The van der Waals surface area contributed by atoms with Crippen LogP contribution >= 0.6 is 0 Å². The van der Waals surface area contributed by atoms with Gasteiger partial charge in [-0.15, -0.1) is 0 Å². The third-order valence-electron chi connectivity index (χ3n) is 3.70. The number of benzene rings is 1. The molecule has 0 radical (unpaired) electrons.